The van der Waals surface area contributed by atoms with Gasteiger partial charge in [-0.05, 0) is 33.0 Å². The van der Waals surface area contributed by atoms with E-state index in [2.05, 4.69) is 16.8 Å². The van der Waals surface area contributed by atoms with Crippen molar-refractivity contribution in [2.45, 2.75) is 32.7 Å². The standard InChI is InChI=1S/C11H23N3O2S.C2H6/c1-12-5-3-11(4-6-12)13-7-9-14(10-8-13)17(2,15)16;1-2/h11H,3-10H2,1-2H3;1-2H3. The fourth-order valence-electron chi connectivity index (χ4n) is 2.76. The van der Waals surface area contributed by atoms with Gasteiger partial charge in [-0.3, -0.25) is 4.90 Å². The molecule has 2 rings (SSSR count). The molecule has 0 unspecified atom stereocenters. The molecule has 0 bridgehead atoms. The molecule has 5 nitrogen and oxygen atoms in total. The molecule has 6 heteroatoms. The fraction of sp³-hybridized carbons (Fsp3) is 1.00. The van der Waals surface area contributed by atoms with E-state index in [1.165, 1.54) is 19.1 Å². The van der Waals surface area contributed by atoms with E-state index in [-0.39, 0.29) is 0 Å². The van der Waals surface area contributed by atoms with Crippen LogP contribution < -0.4 is 0 Å². The Hall–Kier alpha value is -0.170. The second kappa shape index (κ2) is 7.57. The van der Waals surface area contributed by atoms with Crippen LogP contribution in [0.1, 0.15) is 26.7 Å². The van der Waals surface area contributed by atoms with Crippen LogP contribution in [0, 0.1) is 0 Å². The molecule has 114 valence electrons. The van der Waals surface area contributed by atoms with E-state index in [0.29, 0.717) is 19.1 Å². The number of piperazine rings is 1. The summed E-state index contributed by atoms with van der Waals surface area (Å²) in [5, 5.41) is 0. The quantitative estimate of drug-likeness (QED) is 0.751. The van der Waals surface area contributed by atoms with Crippen LogP contribution in [0.2, 0.25) is 0 Å². The van der Waals surface area contributed by atoms with Crippen LogP contribution in [0.5, 0.6) is 0 Å². The lowest BCUT2D eigenvalue weighted by molar-refractivity contribution is 0.0894. The Kier molecular flexibility index (Phi) is 6.73. The van der Waals surface area contributed by atoms with Gasteiger partial charge in [0, 0.05) is 32.2 Å². The maximum absolute atomic E-state index is 11.4. The third kappa shape index (κ3) is 5.02. The monoisotopic (exact) mass is 291 g/mol. The highest BCUT2D eigenvalue weighted by atomic mass is 32.2. The summed E-state index contributed by atoms with van der Waals surface area (Å²) in [6, 6.07) is 0.660. The molecule has 0 N–H and O–H groups in total. The molecule has 0 amide bonds. The molecule has 2 saturated heterocycles. The molecule has 0 aromatic carbocycles. The van der Waals surface area contributed by atoms with E-state index in [0.717, 1.165) is 26.2 Å². The van der Waals surface area contributed by atoms with Gasteiger partial charge in [0.05, 0.1) is 6.26 Å². The van der Waals surface area contributed by atoms with Gasteiger partial charge in [0.15, 0.2) is 0 Å². The Morgan fingerprint density at radius 3 is 1.79 bits per heavy atom. The van der Waals surface area contributed by atoms with Gasteiger partial charge < -0.3 is 4.90 Å². The summed E-state index contributed by atoms with van der Waals surface area (Å²) in [6.45, 7) is 9.42. The van der Waals surface area contributed by atoms with Gasteiger partial charge in [-0.25, -0.2) is 8.42 Å². The smallest absolute Gasteiger partial charge is 0.211 e. The van der Waals surface area contributed by atoms with Crippen LogP contribution in [0.4, 0.5) is 0 Å². The number of hydrogen-bond donors (Lipinski definition) is 0. The Labute approximate surface area is 118 Å². The van der Waals surface area contributed by atoms with Crippen molar-refractivity contribution in [3.05, 3.63) is 0 Å². The minimum atomic E-state index is -2.99. The second-order valence-corrected chi connectivity index (χ2v) is 7.21. The Balaban J connectivity index is 0.000000861. The van der Waals surface area contributed by atoms with E-state index >= 15 is 0 Å². The molecule has 0 aromatic rings. The first-order chi connectivity index (χ1) is 8.97. The van der Waals surface area contributed by atoms with E-state index in [1.807, 2.05) is 13.8 Å². The van der Waals surface area contributed by atoms with Crippen LogP contribution >= 0.6 is 0 Å². The zero-order valence-corrected chi connectivity index (χ0v) is 13.6. The highest BCUT2D eigenvalue weighted by Crippen LogP contribution is 2.18. The van der Waals surface area contributed by atoms with Crippen molar-refractivity contribution < 1.29 is 8.42 Å². The average Bonchev–Trinajstić information content (AvgIpc) is 2.41. The second-order valence-electron chi connectivity index (χ2n) is 5.23. The molecule has 0 atom stereocenters. The number of sulfonamides is 1. The SMILES string of the molecule is CC.CN1CCC(N2CCN(S(C)(=O)=O)CC2)CC1. The van der Waals surface area contributed by atoms with Crippen LogP contribution in [-0.4, -0.2) is 81.1 Å². The minimum absolute atomic E-state index is 0.658. The first-order valence-electron chi connectivity index (χ1n) is 7.34. The number of hydrogen-bond acceptors (Lipinski definition) is 4. The van der Waals surface area contributed by atoms with Gasteiger partial charge in [0.1, 0.15) is 0 Å². The van der Waals surface area contributed by atoms with Crippen molar-refractivity contribution in [1.29, 1.82) is 0 Å². The lowest BCUT2D eigenvalue weighted by Crippen LogP contribution is -2.53. The Morgan fingerprint density at radius 2 is 1.37 bits per heavy atom. The molecule has 0 aromatic heterocycles. The largest absolute Gasteiger partial charge is 0.306 e. The third-order valence-corrected chi connectivity index (χ3v) is 5.25. The molecule has 19 heavy (non-hydrogen) atoms. The van der Waals surface area contributed by atoms with Crippen molar-refractivity contribution in [2.24, 2.45) is 0 Å². The summed E-state index contributed by atoms with van der Waals surface area (Å²) in [6.07, 6.45) is 3.74. The summed E-state index contributed by atoms with van der Waals surface area (Å²) >= 11 is 0. The molecular weight excluding hydrogens is 262 g/mol. The van der Waals surface area contributed by atoms with Crippen molar-refractivity contribution >= 4 is 10.0 Å². The molecule has 2 heterocycles. The normalized spacial score (nSPS) is 24.8. The van der Waals surface area contributed by atoms with Crippen LogP contribution in [0.3, 0.4) is 0 Å². The van der Waals surface area contributed by atoms with Gasteiger partial charge in [0.25, 0.3) is 0 Å². The number of nitrogens with zero attached hydrogens (tertiary/aromatic N) is 3. The minimum Gasteiger partial charge on any atom is -0.306 e. The Morgan fingerprint density at radius 1 is 0.895 bits per heavy atom. The van der Waals surface area contributed by atoms with Crippen LogP contribution in [-0.2, 0) is 10.0 Å². The van der Waals surface area contributed by atoms with Gasteiger partial charge in [0.2, 0.25) is 10.0 Å². The average molecular weight is 291 g/mol. The molecule has 2 aliphatic heterocycles. The molecule has 0 spiro atoms. The summed E-state index contributed by atoms with van der Waals surface area (Å²) in [7, 11) is -0.826. The van der Waals surface area contributed by atoms with Crippen molar-refractivity contribution in [3.8, 4) is 0 Å². The first-order valence-corrected chi connectivity index (χ1v) is 9.19. The zero-order chi connectivity index (χ0) is 14.5. The van der Waals surface area contributed by atoms with Crippen molar-refractivity contribution in [2.75, 3.05) is 52.6 Å². The van der Waals surface area contributed by atoms with E-state index in [4.69, 9.17) is 0 Å². The van der Waals surface area contributed by atoms with E-state index < -0.39 is 10.0 Å². The number of piperidine rings is 1. The first kappa shape index (κ1) is 16.9. The predicted octanol–water partition coefficient (Wildman–Crippen LogP) is 0.684. The molecular formula is C13H29N3O2S. The maximum Gasteiger partial charge on any atom is 0.211 e. The molecule has 2 fully saturated rings. The van der Waals surface area contributed by atoms with Gasteiger partial charge >= 0.3 is 0 Å². The van der Waals surface area contributed by atoms with Gasteiger partial charge in [-0.15, -0.1) is 0 Å². The lowest BCUT2D eigenvalue weighted by Gasteiger charge is -2.41. The van der Waals surface area contributed by atoms with Crippen LogP contribution in [0.15, 0.2) is 0 Å². The summed E-state index contributed by atoms with van der Waals surface area (Å²) in [5.74, 6) is 0. The lowest BCUT2D eigenvalue weighted by atomic mass is 10.0. The fourth-order valence-corrected chi connectivity index (χ4v) is 3.59. The zero-order valence-electron chi connectivity index (χ0n) is 12.8. The molecule has 0 radical (unpaired) electrons. The summed E-state index contributed by atoms with van der Waals surface area (Å²) in [4.78, 5) is 4.83. The predicted molar refractivity (Wildman–Crippen MR) is 79.9 cm³/mol. The highest BCUT2D eigenvalue weighted by Gasteiger charge is 2.29. The van der Waals surface area contributed by atoms with Crippen LogP contribution in [0.25, 0.3) is 0 Å². The number of rotatable bonds is 2. The topological polar surface area (TPSA) is 43.9 Å². The molecule has 2 aliphatic rings. The summed E-state index contributed by atoms with van der Waals surface area (Å²) in [5.41, 5.74) is 0. The third-order valence-electron chi connectivity index (χ3n) is 3.95. The maximum atomic E-state index is 11.4. The van der Waals surface area contributed by atoms with Crippen molar-refractivity contribution in [1.82, 2.24) is 14.1 Å². The summed E-state index contributed by atoms with van der Waals surface area (Å²) < 4.78 is 24.4. The van der Waals surface area contributed by atoms with Crippen molar-refractivity contribution in [3.63, 3.8) is 0 Å². The highest BCUT2D eigenvalue weighted by molar-refractivity contribution is 7.88. The van der Waals surface area contributed by atoms with E-state index in [1.54, 1.807) is 4.31 Å². The van der Waals surface area contributed by atoms with E-state index in [9.17, 15) is 8.42 Å². The Bertz CT molecular complexity index is 343. The van der Waals surface area contributed by atoms with Gasteiger partial charge in [-0.2, -0.15) is 4.31 Å². The molecule has 0 aliphatic carbocycles. The van der Waals surface area contributed by atoms with Gasteiger partial charge in [-0.1, -0.05) is 13.8 Å². The number of likely N-dealkylation sites (tertiary alicyclic amines) is 1. The molecule has 0 saturated carbocycles.